The number of hydrogen-bond acceptors (Lipinski definition) is 3. The van der Waals surface area contributed by atoms with Gasteiger partial charge in [0.2, 0.25) is 0 Å². The van der Waals surface area contributed by atoms with E-state index in [1.165, 1.54) is 25.1 Å². The molecule has 4 heteroatoms. The van der Waals surface area contributed by atoms with Crippen molar-refractivity contribution in [3.63, 3.8) is 0 Å². The quantitative estimate of drug-likeness (QED) is 0.724. The van der Waals surface area contributed by atoms with Crippen LogP contribution >= 0.6 is 0 Å². The Morgan fingerprint density at radius 1 is 1.25 bits per heavy atom. The Balaban J connectivity index is 2.63. The summed E-state index contributed by atoms with van der Waals surface area (Å²) in [7, 11) is 0. The number of hydrogen-bond donors (Lipinski definition) is 0. The highest BCUT2D eigenvalue weighted by atomic mass is 19.1. The van der Waals surface area contributed by atoms with Gasteiger partial charge in [-0.2, -0.15) is 0 Å². The lowest BCUT2D eigenvalue weighted by atomic mass is 10.0. The zero-order valence-electron chi connectivity index (χ0n) is 8.64. The minimum absolute atomic E-state index is 0.137. The lowest BCUT2D eigenvalue weighted by Gasteiger charge is -2.05. The maximum atomic E-state index is 13.1. The van der Waals surface area contributed by atoms with E-state index in [1.807, 2.05) is 0 Å². The molecule has 0 radical (unpaired) electrons. The Kier molecular flexibility index (Phi) is 2.72. The van der Waals surface area contributed by atoms with Gasteiger partial charge in [0.25, 0.3) is 0 Å². The fourth-order valence-electron chi connectivity index (χ4n) is 1.45. The van der Waals surface area contributed by atoms with Gasteiger partial charge in [0, 0.05) is 23.5 Å². The second kappa shape index (κ2) is 4.18. The van der Waals surface area contributed by atoms with Gasteiger partial charge in [0.1, 0.15) is 5.82 Å². The maximum Gasteiger partial charge on any atom is 0.160 e. The van der Waals surface area contributed by atoms with Gasteiger partial charge in [-0.25, -0.2) is 14.4 Å². The maximum absolute atomic E-state index is 13.1. The molecule has 0 aliphatic heterocycles. The molecule has 1 aromatic heterocycles. The second-order valence-electron chi connectivity index (χ2n) is 3.32. The van der Waals surface area contributed by atoms with Gasteiger partial charge < -0.3 is 0 Å². The zero-order valence-corrected chi connectivity index (χ0v) is 8.64. The molecule has 80 valence electrons. The van der Waals surface area contributed by atoms with E-state index in [0.29, 0.717) is 17.0 Å². The first-order valence-corrected chi connectivity index (χ1v) is 4.76. The van der Waals surface area contributed by atoms with Crippen LogP contribution in [-0.2, 0) is 0 Å². The van der Waals surface area contributed by atoms with Crippen LogP contribution in [0.3, 0.4) is 0 Å². The molecule has 0 aliphatic rings. The van der Waals surface area contributed by atoms with Crippen LogP contribution in [0.1, 0.15) is 17.3 Å². The number of Topliss-reactive ketones (excluding diaryl/α,β-unsaturated/α-hetero) is 1. The molecular formula is C12H9FN2O. The molecule has 0 saturated carbocycles. The van der Waals surface area contributed by atoms with Crippen LogP contribution in [0.2, 0.25) is 0 Å². The molecule has 0 bridgehead atoms. The number of carbonyl (C=O) groups excluding carboxylic acids is 1. The second-order valence-corrected chi connectivity index (χ2v) is 3.32. The number of benzene rings is 1. The lowest BCUT2D eigenvalue weighted by molar-refractivity contribution is 0.101. The largest absolute Gasteiger partial charge is 0.294 e. The summed E-state index contributed by atoms with van der Waals surface area (Å²) in [5.41, 5.74) is 0.848. The van der Waals surface area contributed by atoms with Crippen LogP contribution in [-0.4, -0.2) is 15.8 Å². The summed E-state index contributed by atoms with van der Waals surface area (Å²) in [5, 5.41) is 0. The highest BCUT2D eigenvalue weighted by Crippen LogP contribution is 2.21. The van der Waals surface area contributed by atoms with E-state index in [-0.39, 0.29) is 5.78 Å². The Bertz CT molecular complexity index is 526. The monoisotopic (exact) mass is 216 g/mol. The van der Waals surface area contributed by atoms with Gasteiger partial charge in [0.05, 0.1) is 0 Å². The molecule has 0 amide bonds. The third kappa shape index (κ3) is 1.95. The van der Waals surface area contributed by atoms with E-state index >= 15 is 0 Å². The predicted molar refractivity (Wildman–Crippen MR) is 57.4 cm³/mol. The Morgan fingerprint density at radius 2 is 1.94 bits per heavy atom. The van der Waals surface area contributed by atoms with E-state index in [9.17, 15) is 9.18 Å². The molecule has 2 aromatic rings. The van der Waals surface area contributed by atoms with E-state index < -0.39 is 5.82 Å². The fourth-order valence-corrected chi connectivity index (χ4v) is 1.45. The van der Waals surface area contributed by atoms with E-state index in [4.69, 9.17) is 0 Å². The molecule has 0 saturated heterocycles. The van der Waals surface area contributed by atoms with Crippen molar-refractivity contribution in [1.82, 2.24) is 9.97 Å². The highest BCUT2D eigenvalue weighted by molar-refractivity contribution is 6.00. The summed E-state index contributed by atoms with van der Waals surface area (Å²) in [5.74, 6) is -0.192. The van der Waals surface area contributed by atoms with Crippen molar-refractivity contribution in [2.45, 2.75) is 6.92 Å². The molecule has 3 nitrogen and oxygen atoms in total. The van der Waals surface area contributed by atoms with Crippen molar-refractivity contribution in [1.29, 1.82) is 0 Å². The van der Waals surface area contributed by atoms with Crippen LogP contribution < -0.4 is 0 Å². The molecule has 0 N–H and O–H groups in total. The number of aromatic nitrogens is 2. The van der Waals surface area contributed by atoms with Gasteiger partial charge in [-0.05, 0) is 31.2 Å². The first-order chi connectivity index (χ1) is 7.68. The van der Waals surface area contributed by atoms with E-state index in [0.717, 1.165) is 0 Å². The standard InChI is InChI=1S/C12H9FN2O/c1-8(16)10-4-3-9(13)7-11(10)12-14-5-2-6-15-12/h2-7H,1H3. The smallest absolute Gasteiger partial charge is 0.160 e. The molecule has 0 spiro atoms. The van der Waals surface area contributed by atoms with Crippen molar-refractivity contribution >= 4 is 5.78 Å². The Morgan fingerprint density at radius 3 is 2.56 bits per heavy atom. The predicted octanol–water partition coefficient (Wildman–Crippen LogP) is 2.49. The first kappa shape index (κ1) is 10.4. The van der Waals surface area contributed by atoms with Crippen LogP contribution in [0.5, 0.6) is 0 Å². The molecule has 0 fully saturated rings. The Labute approximate surface area is 92.0 Å². The topological polar surface area (TPSA) is 42.9 Å². The fraction of sp³-hybridized carbons (Fsp3) is 0.0833. The average molecular weight is 216 g/mol. The minimum Gasteiger partial charge on any atom is -0.294 e. The summed E-state index contributed by atoms with van der Waals surface area (Å²) in [6.07, 6.45) is 3.11. The van der Waals surface area contributed by atoms with Crippen LogP contribution in [0.4, 0.5) is 4.39 Å². The molecule has 16 heavy (non-hydrogen) atoms. The zero-order chi connectivity index (χ0) is 11.5. The Hall–Kier alpha value is -2.10. The van der Waals surface area contributed by atoms with Crippen LogP contribution in [0, 0.1) is 5.82 Å². The summed E-state index contributed by atoms with van der Waals surface area (Å²) in [4.78, 5) is 19.4. The van der Waals surface area contributed by atoms with Crippen molar-refractivity contribution < 1.29 is 9.18 Å². The SMILES string of the molecule is CC(=O)c1ccc(F)cc1-c1ncccn1. The third-order valence-corrected chi connectivity index (χ3v) is 2.17. The van der Waals surface area contributed by atoms with Gasteiger partial charge in [-0.3, -0.25) is 4.79 Å². The van der Waals surface area contributed by atoms with Crippen molar-refractivity contribution in [3.8, 4) is 11.4 Å². The molecule has 0 atom stereocenters. The number of nitrogens with zero attached hydrogens (tertiary/aromatic N) is 2. The van der Waals surface area contributed by atoms with Crippen molar-refractivity contribution in [2.24, 2.45) is 0 Å². The lowest BCUT2D eigenvalue weighted by Crippen LogP contribution is -1.99. The van der Waals surface area contributed by atoms with E-state index in [2.05, 4.69) is 9.97 Å². The van der Waals surface area contributed by atoms with Gasteiger partial charge in [-0.1, -0.05) is 0 Å². The van der Waals surface area contributed by atoms with E-state index in [1.54, 1.807) is 18.5 Å². The van der Waals surface area contributed by atoms with Crippen LogP contribution in [0.25, 0.3) is 11.4 Å². The molecule has 0 unspecified atom stereocenters. The summed E-state index contributed by atoms with van der Waals surface area (Å²) in [6, 6.07) is 5.63. The highest BCUT2D eigenvalue weighted by Gasteiger charge is 2.11. The third-order valence-electron chi connectivity index (χ3n) is 2.17. The molecule has 1 heterocycles. The number of ketones is 1. The van der Waals surface area contributed by atoms with Crippen molar-refractivity contribution in [2.75, 3.05) is 0 Å². The summed E-state index contributed by atoms with van der Waals surface area (Å²) in [6.45, 7) is 1.43. The van der Waals surface area contributed by atoms with Crippen LogP contribution in [0.15, 0.2) is 36.7 Å². The number of halogens is 1. The van der Waals surface area contributed by atoms with Gasteiger partial charge in [-0.15, -0.1) is 0 Å². The van der Waals surface area contributed by atoms with Crippen molar-refractivity contribution in [3.05, 3.63) is 48.0 Å². The average Bonchev–Trinajstić information content (AvgIpc) is 2.29. The molecule has 0 aliphatic carbocycles. The number of carbonyl (C=O) groups is 1. The number of rotatable bonds is 2. The molecule has 1 aromatic carbocycles. The van der Waals surface area contributed by atoms with Gasteiger partial charge in [0.15, 0.2) is 11.6 Å². The molecular weight excluding hydrogens is 207 g/mol. The van der Waals surface area contributed by atoms with Gasteiger partial charge >= 0.3 is 0 Å². The normalized spacial score (nSPS) is 10.1. The summed E-state index contributed by atoms with van der Waals surface area (Å²) < 4.78 is 13.1. The summed E-state index contributed by atoms with van der Waals surface area (Å²) >= 11 is 0. The molecule has 2 rings (SSSR count). The first-order valence-electron chi connectivity index (χ1n) is 4.76. The minimum atomic E-state index is -0.410.